The zero-order chi connectivity index (χ0) is 79.1. The number of benzene rings is 2. The van der Waals surface area contributed by atoms with Crippen LogP contribution in [0.1, 0.15) is 87.2 Å². The fraction of sp³-hybridized carbons (Fsp3) is 0.612. The molecule has 598 valence electrons. The minimum Gasteiger partial charge on any atom is -0.610 e. The second kappa shape index (κ2) is 41.5. The van der Waals surface area contributed by atoms with Gasteiger partial charge in [-0.3, -0.25) is 47.9 Å². The molecule has 4 aliphatic heterocycles. The minimum absolute atomic E-state index is 0.0127. The van der Waals surface area contributed by atoms with Crippen molar-refractivity contribution in [1.82, 2.24) is 57.3 Å². The van der Waals surface area contributed by atoms with Crippen LogP contribution in [-0.2, 0) is 95.9 Å². The van der Waals surface area contributed by atoms with Crippen LogP contribution in [0.25, 0.3) is 10.9 Å². The van der Waals surface area contributed by atoms with Gasteiger partial charge in [-0.1, -0.05) is 46.1 Å². The number of carbonyl (C=O) groups excluding carboxylic acids is 11. The number of hydrogen-bond donors (Lipinski definition) is 18. The molecule has 2 aromatic carbocycles. The summed E-state index contributed by atoms with van der Waals surface area (Å²) in [7, 11) is 1.51. The Labute approximate surface area is 622 Å². The van der Waals surface area contributed by atoms with E-state index in [9.17, 15) is 93.3 Å². The summed E-state index contributed by atoms with van der Waals surface area (Å²) in [5.74, 6) is -9.71. The number of hydrogen-bond acceptors (Lipinski definition) is 27. The van der Waals surface area contributed by atoms with Crippen LogP contribution in [0.3, 0.4) is 0 Å². The van der Waals surface area contributed by atoms with Crippen molar-refractivity contribution in [2.24, 2.45) is 23.5 Å². The smallest absolute Gasteiger partial charge is 0.409 e. The lowest BCUT2D eigenvalue weighted by Crippen LogP contribution is -2.62. The molecule has 1 unspecified atom stereocenters. The second-order valence-corrected chi connectivity index (χ2v) is 27.8. The van der Waals surface area contributed by atoms with Gasteiger partial charge in [-0.15, -0.1) is 0 Å². The maximum Gasteiger partial charge on any atom is 0.409 e. The number of amides is 11. The molecule has 20 N–H and O–H groups in total. The van der Waals surface area contributed by atoms with Gasteiger partial charge in [0, 0.05) is 73.6 Å². The average molecular weight is 1550 g/mol. The Bertz CT molecular complexity index is 3650. The maximum atomic E-state index is 15.2. The van der Waals surface area contributed by atoms with Crippen molar-refractivity contribution in [3.63, 3.8) is 0 Å². The van der Waals surface area contributed by atoms with Crippen molar-refractivity contribution >= 4 is 93.2 Å². The summed E-state index contributed by atoms with van der Waals surface area (Å²) in [5, 5.41) is 92.7. The molecule has 0 aliphatic carbocycles. The quantitative estimate of drug-likeness (QED) is 0.0168. The number of nitrogens with zero attached hydrogens (tertiary/aromatic N) is 2. The number of nitrogens with one attached hydrogen (secondary N) is 9. The molecule has 0 radical (unpaired) electrons. The molecule has 3 aromatic rings. The molecular weight excluding hydrogens is 1450 g/mol. The summed E-state index contributed by atoms with van der Waals surface area (Å²) < 4.78 is 48.6. The number of carbonyl (C=O) groups is 12. The first kappa shape index (κ1) is 86.1. The molecule has 40 nitrogen and oxygen atoms in total. The zero-order valence-corrected chi connectivity index (χ0v) is 60.8. The number of primary amides is 1. The van der Waals surface area contributed by atoms with Gasteiger partial charge in [0.05, 0.1) is 89.0 Å². The molecule has 5 heterocycles. The molecule has 0 spiro atoms. The monoisotopic (exact) mass is 1550 g/mol. The van der Waals surface area contributed by atoms with Crippen molar-refractivity contribution in [2.45, 2.75) is 163 Å². The van der Waals surface area contributed by atoms with Crippen LogP contribution in [0.15, 0.2) is 41.4 Å². The predicted molar refractivity (Wildman–Crippen MR) is 373 cm³/mol. The van der Waals surface area contributed by atoms with Gasteiger partial charge in [-0.2, -0.15) is 0 Å². The maximum absolute atomic E-state index is 15.2. The van der Waals surface area contributed by atoms with Crippen LogP contribution < -0.4 is 63.6 Å². The molecule has 0 saturated carbocycles. The molecule has 1 aromatic heterocycles. The van der Waals surface area contributed by atoms with Gasteiger partial charge in [-0.25, -0.2) is 15.5 Å². The normalized spacial score (nSPS) is 25.8. The number of aliphatic hydroxyl groups is 6. The van der Waals surface area contributed by atoms with E-state index in [0.717, 1.165) is 4.90 Å². The highest BCUT2D eigenvalue weighted by atomic mass is 32.2. The topological polar surface area (TPSA) is 605 Å². The van der Waals surface area contributed by atoms with E-state index in [1.54, 1.807) is 26.0 Å². The summed E-state index contributed by atoms with van der Waals surface area (Å²) in [5.41, 5.74) is 5.99. The summed E-state index contributed by atoms with van der Waals surface area (Å²) in [4.78, 5) is 175. The SMILES string of the molecule is CC[C@H](C)[C@@H]1NC(=O)CNC(=O)[C@@H]2Cc3c([nH]c4cc(OCCCCCCN(C)C(=O)OCc5ccc(O[C@@H]6O[C@H](C(=O)O)[C@@H](O)[C@H](O)[C@H]6O)c(C(=O)NCCOCCOCCON)c5)ccc34)[S+]([O-])C[C@H](NC(=O)CNC1=O)C(=O)N[C@@H](CC(N)=O)C(=O)N1C[C@H](O)C[C@H]1C(=O)N[C@@H]([C@@H](C)[C@@H](O)CO)C(=O)N2. The van der Waals surface area contributed by atoms with Crippen LogP contribution >= 0.6 is 0 Å². The Hall–Kier alpha value is -9.11. The zero-order valence-electron chi connectivity index (χ0n) is 59.9. The van der Waals surface area contributed by atoms with E-state index in [1.807, 2.05) is 0 Å². The number of H-pyrrole nitrogens is 1. The molecule has 2 saturated heterocycles. The van der Waals surface area contributed by atoms with E-state index in [2.05, 4.69) is 52.4 Å². The Balaban J connectivity index is 1.08. The van der Waals surface area contributed by atoms with Crippen LogP contribution in [0, 0.1) is 11.8 Å². The van der Waals surface area contributed by atoms with Crippen molar-refractivity contribution in [1.29, 1.82) is 0 Å². The molecule has 11 amide bonds. The van der Waals surface area contributed by atoms with Crippen molar-refractivity contribution < 1.29 is 131 Å². The van der Waals surface area contributed by atoms with Gasteiger partial charge < -0.3 is 137 Å². The molecule has 2 fully saturated rings. The standard InChI is InChI=1S/C67H97N13O27S/c1-5-33(2)51-61(94)72-27-49(85)73-44-32-108(100)63-39(25-42(58(91)71-28-50(86)77-51)74-62(95)52(34(3)46(83)30-81)78-60(93)45-23-36(82)29-80(45)64(96)43(26-48(68)84)75-59(44)92)38-12-11-37(24-41(38)76-63)103-16-9-7-6-8-15-79(4)67(99)104-31-35-10-13-47(106-66-55(89)53(87)54(88)56(107-66)65(97)98)40(22-35)57(90)70-14-17-101-18-19-102-20-21-105-69/h10-13,22,24,33-34,36,42-46,51-56,66,76,81-83,87-89H,5-9,14-21,23,25-32,69H2,1-4H3,(H2,68,84)(H,70,90)(H,71,91)(H,72,94)(H,73,85)(H,74,95)(H,75,92)(H,77,86)(H,78,93)(H,97,98)/t33-,34-,36+,42-,43-,44-,45-,46-,51-,52-,53-,54-,55+,56-,66+,108?/m0/s1. The second-order valence-electron chi connectivity index (χ2n) is 26.4. The average Bonchev–Trinajstić information content (AvgIpc) is 1.58. The van der Waals surface area contributed by atoms with Crippen LogP contribution in [0.4, 0.5) is 4.79 Å². The number of nitrogens with two attached hydrogens (primary N) is 2. The Kier molecular flexibility index (Phi) is 33.1. The Morgan fingerprint density at radius 1 is 0.787 bits per heavy atom. The van der Waals surface area contributed by atoms with E-state index in [0.29, 0.717) is 37.7 Å². The lowest BCUT2D eigenvalue weighted by atomic mass is 9.93. The van der Waals surface area contributed by atoms with Gasteiger partial charge in [-0.05, 0) is 48.6 Å². The van der Waals surface area contributed by atoms with E-state index in [-0.39, 0.29) is 97.9 Å². The molecule has 2 bridgehead atoms. The third-order valence-corrected chi connectivity index (χ3v) is 19.9. The van der Waals surface area contributed by atoms with Crippen LogP contribution in [0.2, 0.25) is 0 Å². The number of aliphatic carboxylic acids is 1. The predicted octanol–water partition coefficient (Wildman–Crippen LogP) is -6.49. The first-order valence-corrected chi connectivity index (χ1v) is 36.4. The number of carboxylic acid groups (broad SMARTS) is 1. The van der Waals surface area contributed by atoms with E-state index in [1.165, 1.54) is 43.1 Å². The van der Waals surface area contributed by atoms with E-state index >= 15 is 4.55 Å². The number of rotatable bonds is 30. The third-order valence-electron chi connectivity index (χ3n) is 18.4. The lowest BCUT2D eigenvalue weighted by Gasteiger charge is -2.38. The van der Waals surface area contributed by atoms with Gasteiger partial charge >= 0.3 is 12.1 Å². The Morgan fingerprint density at radius 3 is 2.18 bits per heavy atom. The fourth-order valence-corrected chi connectivity index (χ4v) is 13.5. The third kappa shape index (κ3) is 23.9. The van der Waals surface area contributed by atoms with Crippen molar-refractivity contribution in [2.75, 3.05) is 91.8 Å². The van der Waals surface area contributed by atoms with Crippen LogP contribution in [0.5, 0.6) is 11.5 Å². The van der Waals surface area contributed by atoms with Gasteiger partial charge in [0.25, 0.3) is 5.91 Å². The highest BCUT2D eigenvalue weighted by Crippen LogP contribution is 2.33. The number of aromatic nitrogens is 1. The highest BCUT2D eigenvalue weighted by molar-refractivity contribution is 7.91. The molecule has 16 atom stereocenters. The van der Waals surface area contributed by atoms with Gasteiger partial charge in [0.15, 0.2) is 12.1 Å². The van der Waals surface area contributed by atoms with Crippen LogP contribution in [-0.4, -0.2) is 297 Å². The largest absolute Gasteiger partial charge is 0.610 e. The van der Waals surface area contributed by atoms with Gasteiger partial charge in [0.1, 0.15) is 72.4 Å². The first-order valence-electron chi connectivity index (χ1n) is 35.1. The number of aliphatic hydroxyl groups excluding tert-OH is 6. The summed E-state index contributed by atoms with van der Waals surface area (Å²) in [6.45, 7) is 2.39. The molecule has 41 heteroatoms. The first-order chi connectivity index (χ1) is 51.4. The number of unbranched alkanes of at least 4 members (excludes halogenated alkanes) is 3. The van der Waals surface area contributed by atoms with Crippen molar-refractivity contribution in [3.05, 3.63) is 53.1 Å². The minimum atomic E-state index is -2.47. The molecule has 108 heavy (non-hydrogen) atoms. The van der Waals surface area contributed by atoms with E-state index in [4.69, 9.17) is 40.1 Å². The number of fused-ring (bicyclic) bond motifs is 5. The summed E-state index contributed by atoms with van der Waals surface area (Å²) in [6, 6.07) is -1.70. The number of aromatic amines is 1. The molecular formula is C67H97N13O27S. The summed E-state index contributed by atoms with van der Waals surface area (Å²) in [6.07, 6.45) is -13.1. The van der Waals surface area contributed by atoms with Crippen molar-refractivity contribution in [3.8, 4) is 11.5 Å². The lowest BCUT2D eigenvalue weighted by molar-refractivity contribution is -0.271. The summed E-state index contributed by atoms with van der Waals surface area (Å²) >= 11 is -2.47. The fourth-order valence-electron chi connectivity index (χ4n) is 12.1. The van der Waals surface area contributed by atoms with Gasteiger partial charge in [0.2, 0.25) is 64.5 Å². The number of ether oxygens (including phenoxy) is 6. The molecule has 4 aliphatic rings. The molecule has 7 rings (SSSR count). The number of carboxylic acids is 1. The van der Waals surface area contributed by atoms with E-state index < -0.39 is 225 Å². The Morgan fingerprint density at radius 2 is 1.48 bits per heavy atom. The highest BCUT2D eigenvalue weighted by Gasteiger charge is 2.49.